The predicted molar refractivity (Wildman–Crippen MR) is 22.6 cm³/mol. The monoisotopic (exact) mass is 184 g/mol. The number of hydrogen-bond donors (Lipinski definition) is 1. The summed E-state index contributed by atoms with van der Waals surface area (Å²) < 4.78 is 1.28. The number of rotatable bonds is 0. The van der Waals surface area contributed by atoms with E-state index in [-0.39, 0.29) is 20.4 Å². The van der Waals surface area contributed by atoms with E-state index < -0.39 is 0 Å². The summed E-state index contributed by atoms with van der Waals surface area (Å²) in [7, 11) is 0. The SMILES string of the molecule is S=CS.[Pd]. The van der Waals surface area contributed by atoms with Crippen LogP contribution in [-0.2, 0) is 20.4 Å². The van der Waals surface area contributed by atoms with Crippen molar-refractivity contribution in [3.05, 3.63) is 0 Å². The summed E-state index contributed by atoms with van der Waals surface area (Å²) in [5, 5.41) is 0. The van der Waals surface area contributed by atoms with Crippen LogP contribution in [0.1, 0.15) is 0 Å². The van der Waals surface area contributed by atoms with Gasteiger partial charge >= 0.3 is 0 Å². The van der Waals surface area contributed by atoms with Crippen LogP contribution in [0.5, 0.6) is 0 Å². The van der Waals surface area contributed by atoms with Gasteiger partial charge in [-0.1, -0.05) is 12.2 Å². The average molecular weight is 185 g/mol. The quantitative estimate of drug-likeness (QED) is 0.331. The van der Waals surface area contributed by atoms with Crippen molar-refractivity contribution in [2.45, 2.75) is 0 Å². The summed E-state index contributed by atoms with van der Waals surface area (Å²) in [5.74, 6) is 0. The molecular weight excluding hydrogens is 183 g/mol. The predicted octanol–water partition coefficient (Wildman–Crippen LogP) is 0.871. The molecule has 0 aromatic rings. The van der Waals surface area contributed by atoms with E-state index in [1.807, 2.05) is 0 Å². The minimum atomic E-state index is 0. The van der Waals surface area contributed by atoms with Crippen molar-refractivity contribution in [1.82, 2.24) is 0 Å². The van der Waals surface area contributed by atoms with E-state index in [4.69, 9.17) is 0 Å². The number of thiol groups is 1. The molecule has 0 bridgehead atoms. The summed E-state index contributed by atoms with van der Waals surface area (Å²) in [6.07, 6.45) is 0. The Morgan fingerprint density at radius 2 is 1.75 bits per heavy atom. The molecule has 0 nitrogen and oxygen atoms in total. The van der Waals surface area contributed by atoms with Gasteiger partial charge in [-0.15, -0.1) is 12.6 Å². The van der Waals surface area contributed by atoms with Gasteiger partial charge in [0.15, 0.2) is 0 Å². The topological polar surface area (TPSA) is 0 Å². The van der Waals surface area contributed by atoms with Crippen molar-refractivity contribution < 1.29 is 20.4 Å². The van der Waals surface area contributed by atoms with E-state index in [0.29, 0.717) is 0 Å². The standard InChI is InChI=1S/CH2S2.Pd/c2-1-3;/h1H,(H,2,3);. The van der Waals surface area contributed by atoms with Gasteiger partial charge < -0.3 is 0 Å². The van der Waals surface area contributed by atoms with Crippen LogP contribution in [0.25, 0.3) is 0 Å². The molecule has 0 fully saturated rings. The Labute approximate surface area is 50.0 Å². The second kappa shape index (κ2) is 8.93. The first kappa shape index (κ1) is 8.92. The van der Waals surface area contributed by atoms with Gasteiger partial charge in [0.05, 0.1) is 0 Å². The molecule has 4 heavy (non-hydrogen) atoms. The Hall–Kier alpha value is 1.10. The molecule has 0 radical (unpaired) electrons. The van der Waals surface area contributed by atoms with Crippen LogP contribution in [0.4, 0.5) is 0 Å². The Morgan fingerprint density at radius 1 is 1.75 bits per heavy atom. The van der Waals surface area contributed by atoms with Crippen molar-refractivity contribution in [2.24, 2.45) is 0 Å². The molecule has 0 N–H and O–H groups in total. The van der Waals surface area contributed by atoms with Crippen LogP contribution >= 0.6 is 24.8 Å². The molecule has 0 aromatic carbocycles. The fraction of sp³-hybridized carbons (Fsp3) is 0. The largest absolute Gasteiger partial charge is 0.140 e. The van der Waals surface area contributed by atoms with Gasteiger partial charge in [0.1, 0.15) is 0 Å². The third-order valence-electron chi connectivity index (χ3n) is 0. The van der Waals surface area contributed by atoms with E-state index in [1.165, 1.54) is 4.70 Å². The molecule has 0 unspecified atom stereocenters. The minimum absolute atomic E-state index is 0. The van der Waals surface area contributed by atoms with Crippen LogP contribution in [0.15, 0.2) is 0 Å². The van der Waals surface area contributed by atoms with Gasteiger partial charge in [-0.05, 0) is 0 Å². The molecule has 0 spiro atoms. The molecule has 0 rings (SSSR count). The van der Waals surface area contributed by atoms with E-state index in [2.05, 4.69) is 24.8 Å². The molecule has 0 aromatic heterocycles. The van der Waals surface area contributed by atoms with E-state index in [9.17, 15) is 0 Å². The molecule has 0 heterocycles. The third-order valence-corrected chi connectivity index (χ3v) is 0. The molecule has 0 amide bonds. The zero-order valence-corrected chi connectivity index (χ0v) is 5.01. The first-order valence-corrected chi connectivity index (χ1v) is 1.48. The summed E-state index contributed by atoms with van der Waals surface area (Å²) in [5.41, 5.74) is 0. The first-order valence-electron chi connectivity index (χ1n) is 0.494. The van der Waals surface area contributed by atoms with Gasteiger partial charge in [-0.2, -0.15) is 0 Å². The average Bonchev–Trinajstić information content (AvgIpc) is 0.918. The van der Waals surface area contributed by atoms with Crippen molar-refractivity contribution in [3.63, 3.8) is 0 Å². The zero-order chi connectivity index (χ0) is 2.71. The fourth-order valence-corrected chi connectivity index (χ4v) is 0. The first-order chi connectivity index (χ1) is 1.41. The Bertz CT molecular complexity index is 13.5. The Morgan fingerprint density at radius 3 is 1.75 bits per heavy atom. The molecule has 0 aliphatic heterocycles. The minimum Gasteiger partial charge on any atom is -0.140 e. The van der Waals surface area contributed by atoms with E-state index >= 15 is 0 Å². The number of thiocarbonyl (C=S) groups is 1. The molecule has 0 saturated carbocycles. The van der Waals surface area contributed by atoms with Gasteiger partial charge in [-0.25, -0.2) is 0 Å². The third kappa shape index (κ3) is 11.3. The normalized spacial score (nSPS) is 3.25. The summed E-state index contributed by atoms with van der Waals surface area (Å²) >= 11 is 7.61. The summed E-state index contributed by atoms with van der Waals surface area (Å²) in [6, 6.07) is 0. The number of hydrogen-bond acceptors (Lipinski definition) is 1. The van der Waals surface area contributed by atoms with Crippen molar-refractivity contribution >= 4 is 29.5 Å². The van der Waals surface area contributed by atoms with Crippen molar-refractivity contribution in [2.75, 3.05) is 0 Å². The maximum atomic E-state index is 4.13. The molecule has 0 aliphatic rings. The molecule has 0 aliphatic carbocycles. The summed E-state index contributed by atoms with van der Waals surface area (Å²) in [4.78, 5) is 0. The van der Waals surface area contributed by atoms with Gasteiger partial charge in [0.2, 0.25) is 0 Å². The maximum absolute atomic E-state index is 4.13. The van der Waals surface area contributed by atoms with Gasteiger partial charge in [0.25, 0.3) is 0 Å². The van der Waals surface area contributed by atoms with Gasteiger partial charge in [-0.3, -0.25) is 0 Å². The second-order valence-electron chi connectivity index (χ2n) is 0.105. The van der Waals surface area contributed by atoms with Crippen LogP contribution in [0, 0.1) is 0 Å². The maximum Gasteiger partial charge on any atom is 0.0310 e. The molecular formula is CH2PdS2. The van der Waals surface area contributed by atoms with Gasteiger partial charge in [0, 0.05) is 25.1 Å². The van der Waals surface area contributed by atoms with Crippen molar-refractivity contribution in [1.29, 1.82) is 0 Å². The van der Waals surface area contributed by atoms with Crippen LogP contribution in [0.3, 0.4) is 0 Å². The van der Waals surface area contributed by atoms with E-state index in [0.717, 1.165) is 0 Å². The molecule has 0 saturated heterocycles. The summed E-state index contributed by atoms with van der Waals surface area (Å²) in [6.45, 7) is 0. The zero-order valence-electron chi connectivity index (χ0n) is 1.75. The van der Waals surface area contributed by atoms with Crippen LogP contribution in [0.2, 0.25) is 0 Å². The molecule has 0 atom stereocenters. The van der Waals surface area contributed by atoms with Crippen LogP contribution < -0.4 is 0 Å². The van der Waals surface area contributed by atoms with Crippen LogP contribution in [-0.4, -0.2) is 4.70 Å². The van der Waals surface area contributed by atoms with E-state index in [1.54, 1.807) is 0 Å². The Kier molecular flexibility index (Phi) is 19.9. The Balaban J connectivity index is 0. The second-order valence-corrected chi connectivity index (χ2v) is 0.949. The van der Waals surface area contributed by atoms with Crippen molar-refractivity contribution in [3.8, 4) is 0 Å². The molecule has 3 heteroatoms. The fourth-order valence-electron chi connectivity index (χ4n) is 0. The smallest absolute Gasteiger partial charge is 0.0310 e. The molecule has 28 valence electrons.